The summed E-state index contributed by atoms with van der Waals surface area (Å²) in [6.45, 7) is 4.13. The Morgan fingerprint density at radius 2 is 1.97 bits per heavy atom. The van der Waals surface area contributed by atoms with E-state index in [9.17, 15) is 22.8 Å². The van der Waals surface area contributed by atoms with Gasteiger partial charge in [0, 0.05) is 26.3 Å². The lowest BCUT2D eigenvalue weighted by Crippen LogP contribution is -2.28. The van der Waals surface area contributed by atoms with Crippen LogP contribution in [0.4, 0.5) is 13.2 Å². The van der Waals surface area contributed by atoms with Crippen LogP contribution < -0.4 is 5.32 Å². The van der Waals surface area contributed by atoms with Gasteiger partial charge in [0.1, 0.15) is 5.69 Å². The summed E-state index contributed by atoms with van der Waals surface area (Å²) in [6, 6.07) is 5.92. The molecule has 1 aromatic heterocycles. The van der Waals surface area contributed by atoms with E-state index in [0.717, 1.165) is 12.1 Å². The van der Waals surface area contributed by atoms with E-state index in [1.165, 1.54) is 25.3 Å². The molecule has 2 amide bonds. The van der Waals surface area contributed by atoms with Crippen molar-refractivity contribution >= 4 is 11.8 Å². The summed E-state index contributed by atoms with van der Waals surface area (Å²) >= 11 is 0. The number of halogens is 3. The number of rotatable bonds is 6. The molecule has 1 aromatic carbocycles. The van der Waals surface area contributed by atoms with Gasteiger partial charge >= 0.3 is 6.18 Å². The van der Waals surface area contributed by atoms with E-state index in [4.69, 9.17) is 4.74 Å². The van der Waals surface area contributed by atoms with Crippen LogP contribution in [0.5, 0.6) is 0 Å². The molecule has 0 spiro atoms. The second-order valence-corrected chi connectivity index (χ2v) is 6.82. The zero-order valence-electron chi connectivity index (χ0n) is 16.2. The quantitative estimate of drug-likeness (QED) is 0.726. The molecule has 2 aromatic rings. The standard InChI is InChI=1S/C20H21F3N4O3/c1-3-18(28)26-10-16(27-9-8-15(25-27)19(29)24-2)17(11-26)30-12-13-4-6-14(7-5-13)20(21,22)23/h3-9,16-17H,1,10-12H2,2H3,(H,24,29). The summed E-state index contributed by atoms with van der Waals surface area (Å²) in [7, 11) is 1.50. The molecule has 0 radical (unpaired) electrons. The van der Waals surface area contributed by atoms with Crippen LogP contribution in [-0.2, 0) is 22.3 Å². The molecule has 30 heavy (non-hydrogen) atoms. The molecule has 2 heterocycles. The molecule has 1 N–H and O–H groups in total. The highest BCUT2D eigenvalue weighted by Gasteiger charge is 2.37. The van der Waals surface area contributed by atoms with Crippen LogP contribution in [0.15, 0.2) is 49.2 Å². The molecule has 1 fully saturated rings. The van der Waals surface area contributed by atoms with Crippen LogP contribution in [0.25, 0.3) is 0 Å². The Balaban J connectivity index is 1.74. The molecule has 160 valence electrons. The van der Waals surface area contributed by atoms with E-state index in [1.807, 2.05) is 0 Å². The van der Waals surface area contributed by atoms with E-state index in [1.54, 1.807) is 21.8 Å². The number of likely N-dealkylation sites (tertiary alicyclic amines) is 1. The first kappa shape index (κ1) is 21.6. The minimum Gasteiger partial charge on any atom is -0.369 e. The van der Waals surface area contributed by atoms with E-state index in [-0.39, 0.29) is 36.7 Å². The van der Waals surface area contributed by atoms with Crippen molar-refractivity contribution in [3.8, 4) is 0 Å². The molecular formula is C20H21F3N4O3. The predicted octanol–water partition coefficient (Wildman–Crippen LogP) is 2.42. The van der Waals surface area contributed by atoms with Crippen molar-refractivity contribution in [3.05, 3.63) is 66.0 Å². The number of amides is 2. The average Bonchev–Trinajstić information content (AvgIpc) is 3.38. The van der Waals surface area contributed by atoms with E-state index < -0.39 is 17.8 Å². The van der Waals surface area contributed by atoms with Gasteiger partial charge in [0.25, 0.3) is 5.91 Å². The van der Waals surface area contributed by atoms with Gasteiger partial charge in [0.05, 0.1) is 24.3 Å². The molecule has 2 unspecified atom stereocenters. The van der Waals surface area contributed by atoms with Crippen LogP contribution in [0.2, 0.25) is 0 Å². The number of benzene rings is 1. The van der Waals surface area contributed by atoms with Crippen LogP contribution >= 0.6 is 0 Å². The highest BCUT2D eigenvalue weighted by atomic mass is 19.4. The maximum atomic E-state index is 12.7. The van der Waals surface area contributed by atoms with Gasteiger partial charge in [0.15, 0.2) is 0 Å². The summed E-state index contributed by atoms with van der Waals surface area (Å²) in [4.78, 5) is 25.4. The smallest absolute Gasteiger partial charge is 0.369 e. The Labute approximate surface area is 171 Å². The van der Waals surface area contributed by atoms with Crippen LogP contribution in [0.1, 0.15) is 27.7 Å². The van der Waals surface area contributed by atoms with E-state index >= 15 is 0 Å². The summed E-state index contributed by atoms with van der Waals surface area (Å²) < 4.78 is 45.6. The first-order chi connectivity index (χ1) is 14.2. The van der Waals surface area contributed by atoms with Gasteiger partial charge in [-0.3, -0.25) is 14.3 Å². The molecule has 1 aliphatic heterocycles. The van der Waals surface area contributed by atoms with Gasteiger partial charge in [-0.05, 0) is 29.8 Å². The molecule has 3 rings (SSSR count). The molecule has 1 saturated heterocycles. The molecular weight excluding hydrogens is 401 g/mol. The third-order valence-corrected chi connectivity index (χ3v) is 4.88. The Hall–Kier alpha value is -3.14. The van der Waals surface area contributed by atoms with Crippen molar-refractivity contribution in [2.75, 3.05) is 20.1 Å². The fourth-order valence-electron chi connectivity index (χ4n) is 3.25. The van der Waals surface area contributed by atoms with Crippen molar-refractivity contribution in [1.82, 2.24) is 20.0 Å². The number of hydrogen-bond acceptors (Lipinski definition) is 4. The fraction of sp³-hybridized carbons (Fsp3) is 0.350. The van der Waals surface area contributed by atoms with E-state index in [2.05, 4.69) is 17.0 Å². The van der Waals surface area contributed by atoms with Gasteiger partial charge in [-0.25, -0.2) is 0 Å². The highest BCUT2D eigenvalue weighted by molar-refractivity contribution is 5.91. The molecule has 0 saturated carbocycles. The zero-order valence-corrected chi connectivity index (χ0v) is 16.2. The van der Waals surface area contributed by atoms with Crippen molar-refractivity contribution in [2.45, 2.75) is 24.9 Å². The molecule has 2 atom stereocenters. The first-order valence-electron chi connectivity index (χ1n) is 9.19. The lowest BCUT2D eigenvalue weighted by molar-refractivity contribution is -0.137. The van der Waals surface area contributed by atoms with Crippen LogP contribution in [0, 0.1) is 0 Å². The number of alkyl halides is 3. The number of carbonyl (C=O) groups is 2. The predicted molar refractivity (Wildman–Crippen MR) is 101 cm³/mol. The topological polar surface area (TPSA) is 76.5 Å². The number of ether oxygens (including phenoxy) is 1. The lowest BCUT2D eigenvalue weighted by atomic mass is 10.1. The maximum Gasteiger partial charge on any atom is 0.416 e. The van der Waals surface area contributed by atoms with Gasteiger partial charge in [-0.15, -0.1) is 0 Å². The third-order valence-electron chi connectivity index (χ3n) is 4.88. The summed E-state index contributed by atoms with van der Waals surface area (Å²) in [6.07, 6.45) is -2.03. The number of hydrogen-bond donors (Lipinski definition) is 1. The van der Waals surface area contributed by atoms with Crippen molar-refractivity contribution in [1.29, 1.82) is 0 Å². The molecule has 0 aliphatic carbocycles. The number of aromatic nitrogens is 2. The summed E-state index contributed by atoms with van der Waals surface area (Å²) in [5.74, 6) is -0.604. The van der Waals surface area contributed by atoms with Gasteiger partial charge in [0.2, 0.25) is 5.91 Å². The van der Waals surface area contributed by atoms with Crippen LogP contribution in [0.3, 0.4) is 0 Å². The second kappa shape index (κ2) is 8.70. The van der Waals surface area contributed by atoms with Crippen molar-refractivity contribution < 1.29 is 27.5 Å². The lowest BCUT2D eigenvalue weighted by Gasteiger charge is -2.19. The Kier molecular flexibility index (Phi) is 6.25. The molecule has 1 aliphatic rings. The second-order valence-electron chi connectivity index (χ2n) is 6.82. The molecule has 7 nitrogen and oxygen atoms in total. The van der Waals surface area contributed by atoms with Gasteiger partial charge in [-0.1, -0.05) is 18.7 Å². The average molecular weight is 422 g/mol. The van der Waals surface area contributed by atoms with Crippen LogP contribution in [-0.4, -0.2) is 52.7 Å². The zero-order chi connectivity index (χ0) is 21.9. The highest BCUT2D eigenvalue weighted by Crippen LogP contribution is 2.30. The maximum absolute atomic E-state index is 12.7. The number of nitrogens with one attached hydrogen (secondary N) is 1. The minimum atomic E-state index is -4.40. The Bertz CT molecular complexity index is 924. The Morgan fingerprint density at radius 1 is 1.27 bits per heavy atom. The van der Waals surface area contributed by atoms with Crippen molar-refractivity contribution in [3.63, 3.8) is 0 Å². The van der Waals surface area contributed by atoms with Crippen molar-refractivity contribution in [2.24, 2.45) is 0 Å². The number of carbonyl (C=O) groups excluding carboxylic acids is 2. The number of nitrogens with zero attached hydrogens (tertiary/aromatic N) is 3. The summed E-state index contributed by atoms with van der Waals surface area (Å²) in [5.41, 5.74) is 0.0697. The minimum absolute atomic E-state index is 0.0684. The Morgan fingerprint density at radius 3 is 2.57 bits per heavy atom. The SMILES string of the molecule is C=CC(=O)N1CC(OCc2ccc(C(F)(F)F)cc2)C(n2ccc(C(=O)NC)n2)C1. The monoisotopic (exact) mass is 422 g/mol. The fourth-order valence-corrected chi connectivity index (χ4v) is 3.25. The first-order valence-corrected chi connectivity index (χ1v) is 9.19. The molecule has 10 heteroatoms. The summed E-state index contributed by atoms with van der Waals surface area (Å²) in [5, 5.41) is 6.75. The van der Waals surface area contributed by atoms with Gasteiger partial charge in [-0.2, -0.15) is 18.3 Å². The van der Waals surface area contributed by atoms with E-state index in [0.29, 0.717) is 12.1 Å². The van der Waals surface area contributed by atoms with Gasteiger partial charge < -0.3 is 15.0 Å². The molecule has 0 bridgehead atoms. The largest absolute Gasteiger partial charge is 0.416 e. The normalized spacial score (nSPS) is 19.0. The third kappa shape index (κ3) is 4.70.